The summed E-state index contributed by atoms with van der Waals surface area (Å²) in [6.07, 6.45) is -4.40. The molecule has 0 saturated heterocycles. The van der Waals surface area contributed by atoms with E-state index in [-0.39, 0.29) is 6.61 Å². The standard InChI is InChI=1S/C15H20F3N3O2/c1-11(22)9-19-14-20-12-5-2-3-6-13(12)21(14)7-4-8-23-10-15(16,17)18/h2-3,5-6,11,22H,4,7-10H2,1H3,(H,19,20). The molecule has 1 aromatic heterocycles. The van der Waals surface area contributed by atoms with E-state index in [1.54, 1.807) is 6.92 Å². The van der Waals surface area contributed by atoms with Crippen molar-refractivity contribution in [2.45, 2.75) is 32.2 Å². The molecule has 1 unspecified atom stereocenters. The molecule has 1 aromatic carbocycles. The van der Waals surface area contributed by atoms with Gasteiger partial charge in [0.15, 0.2) is 0 Å². The minimum atomic E-state index is -4.30. The topological polar surface area (TPSA) is 59.3 Å². The van der Waals surface area contributed by atoms with Crippen molar-refractivity contribution in [2.24, 2.45) is 0 Å². The molecule has 0 aliphatic carbocycles. The normalized spacial score (nSPS) is 13.4. The summed E-state index contributed by atoms with van der Waals surface area (Å²) in [5.41, 5.74) is 1.67. The van der Waals surface area contributed by atoms with E-state index in [1.165, 1.54) is 0 Å². The smallest absolute Gasteiger partial charge is 0.392 e. The number of rotatable bonds is 8. The highest BCUT2D eigenvalue weighted by Crippen LogP contribution is 2.20. The van der Waals surface area contributed by atoms with Crippen LogP contribution in [-0.4, -0.2) is 46.7 Å². The summed E-state index contributed by atoms with van der Waals surface area (Å²) >= 11 is 0. The maximum atomic E-state index is 12.0. The first kappa shape index (κ1) is 17.6. The molecule has 0 fully saturated rings. The second-order valence-corrected chi connectivity index (χ2v) is 5.33. The Kier molecular flexibility index (Phi) is 5.84. The molecule has 1 heterocycles. The summed E-state index contributed by atoms with van der Waals surface area (Å²) in [4.78, 5) is 4.44. The fourth-order valence-corrected chi connectivity index (χ4v) is 2.19. The van der Waals surface area contributed by atoms with E-state index in [0.29, 0.717) is 25.5 Å². The van der Waals surface area contributed by atoms with Crippen LogP contribution in [-0.2, 0) is 11.3 Å². The van der Waals surface area contributed by atoms with Crippen molar-refractivity contribution >= 4 is 17.0 Å². The van der Waals surface area contributed by atoms with Gasteiger partial charge < -0.3 is 19.7 Å². The van der Waals surface area contributed by atoms with Gasteiger partial charge in [-0.25, -0.2) is 4.98 Å². The van der Waals surface area contributed by atoms with Gasteiger partial charge in [0, 0.05) is 19.7 Å². The quantitative estimate of drug-likeness (QED) is 0.730. The molecule has 0 aliphatic heterocycles. The second kappa shape index (κ2) is 7.65. The molecule has 0 amide bonds. The Morgan fingerprint density at radius 3 is 2.78 bits per heavy atom. The number of alkyl halides is 3. The number of nitrogens with one attached hydrogen (secondary N) is 1. The van der Waals surface area contributed by atoms with E-state index in [9.17, 15) is 18.3 Å². The summed E-state index contributed by atoms with van der Waals surface area (Å²) in [6, 6.07) is 7.50. The molecule has 0 saturated carbocycles. The molecule has 0 bridgehead atoms. The lowest BCUT2D eigenvalue weighted by atomic mass is 10.3. The van der Waals surface area contributed by atoms with Crippen molar-refractivity contribution in [3.8, 4) is 0 Å². The number of anilines is 1. The number of halogens is 3. The number of aliphatic hydroxyl groups excluding tert-OH is 1. The molecule has 2 N–H and O–H groups in total. The summed E-state index contributed by atoms with van der Waals surface area (Å²) < 4.78 is 42.6. The Morgan fingerprint density at radius 2 is 2.09 bits per heavy atom. The molecule has 0 aliphatic rings. The Balaban J connectivity index is 2.00. The molecule has 2 aromatic rings. The largest absolute Gasteiger partial charge is 0.411 e. The van der Waals surface area contributed by atoms with Crippen molar-refractivity contribution in [1.29, 1.82) is 0 Å². The van der Waals surface area contributed by atoms with Crippen LogP contribution in [0.25, 0.3) is 11.0 Å². The third-order valence-electron chi connectivity index (χ3n) is 3.15. The Bertz CT molecular complexity index is 626. The van der Waals surface area contributed by atoms with Gasteiger partial charge in [-0.05, 0) is 25.5 Å². The predicted molar refractivity (Wildman–Crippen MR) is 81.4 cm³/mol. The lowest BCUT2D eigenvalue weighted by Gasteiger charge is -2.12. The Morgan fingerprint density at radius 1 is 1.35 bits per heavy atom. The van der Waals surface area contributed by atoms with Gasteiger partial charge in [0.1, 0.15) is 6.61 Å². The molecule has 5 nitrogen and oxygen atoms in total. The molecule has 8 heteroatoms. The molecule has 2 rings (SSSR count). The van der Waals surface area contributed by atoms with E-state index in [1.807, 2.05) is 28.8 Å². The van der Waals surface area contributed by atoms with Crippen LogP contribution in [0, 0.1) is 0 Å². The van der Waals surface area contributed by atoms with Gasteiger partial charge in [0.2, 0.25) is 5.95 Å². The first-order valence-electron chi connectivity index (χ1n) is 7.38. The van der Waals surface area contributed by atoms with Gasteiger partial charge in [0.05, 0.1) is 17.1 Å². The van der Waals surface area contributed by atoms with Crippen LogP contribution in [0.1, 0.15) is 13.3 Å². The van der Waals surface area contributed by atoms with Crippen molar-refractivity contribution in [3.63, 3.8) is 0 Å². The number of hydrogen-bond donors (Lipinski definition) is 2. The van der Waals surface area contributed by atoms with Crippen LogP contribution in [0.5, 0.6) is 0 Å². The van der Waals surface area contributed by atoms with Crippen LogP contribution >= 0.6 is 0 Å². The first-order chi connectivity index (χ1) is 10.9. The average Bonchev–Trinajstić information content (AvgIpc) is 2.81. The van der Waals surface area contributed by atoms with E-state index in [2.05, 4.69) is 15.0 Å². The molecular weight excluding hydrogens is 311 g/mol. The van der Waals surface area contributed by atoms with Gasteiger partial charge in [-0.1, -0.05) is 12.1 Å². The number of hydrogen-bond acceptors (Lipinski definition) is 4. The lowest BCUT2D eigenvalue weighted by Crippen LogP contribution is -2.19. The monoisotopic (exact) mass is 331 g/mol. The number of ether oxygens (including phenoxy) is 1. The number of aryl methyl sites for hydroxylation is 1. The minimum absolute atomic E-state index is 0.0157. The summed E-state index contributed by atoms with van der Waals surface area (Å²) in [5, 5.41) is 12.4. The SMILES string of the molecule is CC(O)CNc1nc2ccccc2n1CCCOCC(F)(F)F. The van der Waals surface area contributed by atoms with Crippen molar-refractivity contribution in [1.82, 2.24) is 9.55 Å². The van der Waals surface area contributed by atoms with Crippen molar-refractivity contribution in [2.75, 3.05) is 25.1 Å². The van der Waals surface area contributed by atoms with Crippen LogP contribution < -0.4 is 5.32 Å². The highest BCUT2D eigenvalue weighted by molar-refractivity contribution is 5.78. The maximum absolute atomic E-state index is 12.0. The lowest BCUT2D eigenvalue weighted by molar-refractivity contribution is -0.174. The number of nitrogens with zero attached hydrogens (tertiary/aromatic N) is 2. The second-order valence-electron chi connectivity index (χ2n) is 5.33. The number of para-hydroxylation sites is 2. The van der Waals surface area contributed by atoms with Crippen LogP contribution in [0.2, 0.25) is 0 Å². The molecule has 0 radical (unpaired) electrons. The highest BCUT2D eigenvalue weighted by Gasteiger charge is 2.27. The van der Waals surface area contributed by atoms with E-state index < -0.39 is 18.9 Å². The predicted octanol–water partition coefficient (Wildman–Crippen LogP) is 2.80. The van der Waals surface area contributed by atoms with Gasteiger partial charge >= 0.3 is 6.18 Å². The zero-order valence-electron chi connectivity index (χ0n) is 12.8. The fraction of sp³-hybridized carbons (Fsp3) is 0.533. The first-order valence-corrected chi connectivity index (χ1v) is 7.38. The number of aliphatic hydroxyl groups is 1. The average molecular weight is 331 g/mol. The summed E-state index contributed by atoms with van der Waals surface area (Å²) in [5.74, 6) is 0.586. The Hall–Kier alpha value is -1.80. The van der Waals surface area contributed by atoms with Gasteiger partial charge in [-0.2, -0.15) is 13.2 Å². The van der Waals surface area contributed by atoms with E-state index >= 15 is 0 Å². The highest BCUT2D eigenvalue weighted by atomic mass is 19.4. The number of fused-ring (bicyclic) bond motifs is 1. The zero-order valence-corrected chi connectivity index (χ0v) is 12.8. The molecule has 1 atom stereocenters. The summed E-state index contributed by atoms with van der Waals surface area (Å²) in [7, 11) is 0. The van der Waals surface area contributed by atoms with Crippen LogP contribution in [0.3, 0.4) is 0 Å². The Labute approximate surface area is 132 Å². The van der Waals surface area contributed by atoms with Crippen LogP contribution in [0.4, 0.5) is 19.1 Å². The van der Waals surface area contributed by atoms with Crippen LogP contribution in [0.15, 0.2) is 24.3 Å². The summed E-state index contributed by atoms with van der Waals surface area (Å²) in [6.45, 7) is 1.26. The van der Waals surface area contributed by atoms with E-state index in [4.69, 9.17) is 0 Å². The maximum Gasteiger partial charge on any atom is 0.411 e. The third kappa shape index (κ3) is 5.40. The molecule has 128 valence electrons. The van der Waals surface area contributed by atoms with Crippen molar-refractivity contribution in [3.05, 3.63) is 24.3 Å². The molecule has 23 heavy (non-hydrogen) atoms. The number of benzene rings is 1. The van der Waals surface area contributed by atoms with E-state index in [0.717, 1.165) is 11.0 Å². The minimum Gasteiger partial charge on any atom is -0.392 e. The molecular formula is C15H20F3N3O2. The zero-order chi connectivity index (χ0) is 16.9. The fourth-order valence-electron chi connectivity index (χ4n) is 2.19. The van der Waals surface area contributed by atoms with Gasteiger partial charge in [-0.15, -0.1) is 0 Å². The van der Waals surface area contributed by atoms with Gasteiger partial charge in [-0.3, -0.25) is 0 Å². The third-order valence-corrected chi connectivity index (χ3v) is 3.15. The van der Waals surface area contributed by atoms with Gasteiger partial charge in [0.25, 0.3) is 0 Å². The van der Waals surface area contributed by atoms with Crippen molar-refractivity contribution < 1.29 is 23.0 Å². The number of aromatic nitrogens is 2. The number of imidazole rings is 1. The molecule has 0 spiro atoms.